The number of hydrogen-bond acceptors (Lipinski definition) is 4. The van der Waals surface area contributed by atoms with E-state index in [1.807, 2.05) is 36.4 Å². The lowest BCUT2D eigenvalue weighted by atomic mass is 10.1. The molecule has 4 rings (SSSR count). The molecule has 2 amide bonds. The number of aryl methyl sites for hydroxylation is 1. The van der Waals surface area contributed by atoms with Gasteiger partial charge in [-0.25, -0.2) is 5.43 Å². The molecule has 3 aromatic rings. The summed E-state index contributed by atoms with van der Waals surface area (Å²) in [7, 11) is 1.69. The molecule has 0 fully saturated rings. The molecule has 0 saturated heterocycles. The molecule has 0 spiro atoms. The van der Waals surface area contributed by atoms with Gasteiger partial charge >= 0.3 is 0 Å². The Morgan fingerprint density at radius 3 is 2.47 bits per heavy atom. The average molecular weight is 399 g/mol. The first-order valence-corrected chi connectivity index (χ1v) is 9.66. The van der Waals surface area contributed by atoms with Crippen LogP contribution in [0.4, 0.5) is 5.69 Å². The molecule has 6 nitrogen and oxygen atoms in total. The number of amides is 2. The number of hydrazone groups is 1. The highest BCUT2D eigenvalue weighted by Crippen LogP contribution is 2.29. The number of rotatable bonds is 4. The minimum atomic E-state index is -0.414. The van der Waals surface area contributed by atoms with Gasteiger partial charge in [0.25, 0.3) is 11.8 Å². The summed E-state index contributed by atoms with van der Waals surface area (Å²) in [5.41, 5.74) is 6.40. The topological polar surface area (TPSA) is 82.0 Å². The first kappa shape index (κ1) is 19.4. The van der Waals surface area contributed by atoms with E-state index in [2.05, 4.69) is 10.5 Å². The Kier molecular flexibility index (Phi) is 5.30. The summed E-state index contributed by atoms with van der Waals surface area (Å²) in [6, 6.07) is 21.2. The van der Waals surface area contributed by atoms with Crippen molar-refractivity contribution in [2.45, 2.75) is 12.8 Å². The van der Waals surface area contributed by atoms with E-state index in [-0.39, 0.29) is 11.7 Å². The highest BCUT2D eigenvalue weighted by molar-refractivity contribution is 6.09. The molecule has 0 unspecified atom stereocenters. The smallest absolute Gasteiger partial charge is 0.271 e. The molecule has 1 aliphatic carbocycles. The van der Waals surface area contributed by atoms with E-state index in [0.717, 1.165) is 17.7 Å². The van der Waals surface area contributed by atoms with Gasteiger partial charge in [-0.15, -0.1) is 0 Å². The number of nitrogens with zero attached hydrogens (tertiary/aromatic N) is 2. The molecule has 0 radical (unpaired) electrons. The Labute approximate surface area is 174 Å². The van der Waals surface area contributed by atoms with Gasteiger partial charge in [-0.05, 0) is 54.8 Å². The Bertz CT molecular complexity index is 1140. The highest BCUT2D eigenvalue weighted by Gasteiger charge is 2.21. The zero-order valence-electron chi connectivity index (χ0n) is 16.5. The number of benzene rings is 3. The molecule has 0 aliphatic heterocycles. The number of carbonyl (C=O) groups excluding carboxylic acids is 2. The molecular formula is C24H21N3O3. The number of hydrogen-bond donors (Lipinski definition) is 2. The minimum absolute atomic E-state index is 0.162. The van der Waals surface area contributed by atoms with Gasteiger partial charge in [0.2, 0.25) is 0 Å². The largest absolute Gasteiger partial charge is 0.507 e. The van der Waals surface area contributed by atoms with Gasteiger partial charge < -0.3 is 10.0 Å². The lowest BCUT2D eigenvalue weighted by molar-refractivity contribution is 0.0954. The fourth-order valence-electron chi connectivity index (χ4n) is 3.56. The SMILES string of the molecule is CN(C(=O)c1cccc(C(=O)N/N=C2\CCc3cccc(O)c32)c1)c1ccccc1. The van der Waals surface area contributed by atoms with Crippen LogP contribution in [-0.2, 0) is 6.42 Å². The van der Waals surface area contributed by atoms with Crippen molar-refractivity contribution in [2.75, 3.05) is 11.9 Å². The normalized spacial score (nSPS) is 13.7. The third-order valence-corrected chi connectivity index (χ3v) is 5.16. The molecule has 0 bridgehead atoms. The highest BCUT2D eigenvalue weighted by atomic mass is 16.3. The van der Waals surface area contributed by atoms with Gasteiger partial charge in [-0.1, -0.05) is 36.4 Å². The molecule has 0 atom stereocenters. The van der Waals surface area contributed by atoms with Gasteiger partial charge in [0.05, 0.1) is 5.71 Å². The summed E-state index contributed by atoms with van der Waals surface area (Å²) in [4.78, 5) is 26.9. The standard InChI is InChI=1S/C24H21N3O3/c1-27(19-10-3-2-4-11-19)24(30)18-9-5-8-17(15-18)23(29)26-25-20-14-13-16-7-6-12-21(28)22(16)20/h2-12,15,28H,13-14H2,1H3,(H,26,29)/b25-20+. The van der Waals surface area contributed by atoms with Crippen LogP contribution in [0.25, 0.3) is 0 Å². The molecular weight excluding hydrogens is 378 g/mol. The van der Waals surface area contributed by atoms with Crippen LogP contribution < -0.4 is 10.3 Å². The lowest BCUT2D eigenvalue weighted by Crippen LogP contribution is -2.26. The van der Waals surface area contributed by atoms with E-state index in [4.69, 9.17) is 0 Å². The number of fused-ring (bicyclic) bond motifs is 1. The third kappa shape index (κ3) is 3.80. The number of phenolic OH excluding ortho intramolecular Hbond substituents is 1. The summed E-state index contributed by atoms with van der Waals surface area (Å²) in [6.45, 7) is 0. The zero-order chi connectivity index (χ0) is 21.1. The van der Waals surface area contributed by atoms with Crippen molar-refractivity contribution in [3.8, 4) is 5.75 Å². The van der Waals surface area contributed by atoms with Crippen molar-refractivity contribution in [3.63, 3.8) is 0 Å². The van der Waals surface area contributed by atoms with Crippen LogP contribution in [0.15, 0.2) is 77.9 Å². The van der Waals surface area contributed by atoms with Crippen LogP contribution in [0.5, 0.6) is 5.75 Å². The second-order valence-corrected chi connectivity index (χ2v) is 7.09. The molecule has 3 aromatic carbocycles. The summed E-state index contributed by atoms with van der Waals surface area (Å²) in [5.74, 6) is -0.463. The van der Waals surface area contributed by atoms with Crippen molar-refractivity contribution in [1.82, 2.24) is 5.43 Å². The third-order valence-electron chi connectivity index (χ3n) is 5.16. The number of anilines is 1. The Morgan fingerprint density at radius 1 is 0.933 bits per heavy atom. The fourth-order valence-corrected chi connectivity index (χ4v) is 3.56. The maximum absolute atomic E-state index is 12.8. The number of phenols is 1. The lowest BCUT2D eigenvalue weighted by Gasteiger charge is -2.17. The summed E-state index contributed by atoms with van der Waals surface area (Å²) < 4.78 is 0. The maximum atomic E-state index is 12.8. The van der Waals surface area contributed by atoms with Crippen LogP contribution in [0.2, 0.25) is 0 Å². The molecule has 6 heteroatoms. The number of carbonyl (C=O) groups is 2. The van der Waals surface area contributed by atoms with Gasteiger partial charge in [0, 0.05) is 29.4 Å². The number of para-hydroxylation sites is 1. The Balaban J connectivity index is 1.51. The van der Waals surface area contributed by atoms with Crippen molar-refractivity contribution in [1.29, 1.82) is 0 Å². The van der Waals surface area contributed by atoms with Crippen molar-refractivity contribution in [2.24, 2.45) is 5.10 Å². The van der Waals surface area contributed by atoms with Gasteiger partial charge in [0.1, 0.15) is 5.75 Å². The van der Waals surface area contributed by atoms with Crippen molar-refractivity contribution in [3.05, 3.63) is 95.1 Å². The quantitative estimate of drug-likeness (QED) is 0.656. The summed E-state index contributed by atoms with van der Waals surface area (Å²) in [5, 5.41) is 14.3. The van der Waals surface area contributed by atoms with Gasteiger partial charge in [0.15, 0.2) is 0 Å². The summed E-state index contributed by atoms with van der Waals surface area (Å²) >= 11 is 0. The first-order chi connectivity index (χ1) is 14.5. The van der Waals surface area contributed by atoms with Crippen LogP contribution in [-0.4, -0.2) is 29.7 Å². The van der Waals surface area contributed by atoms with E-state index in [0.29, 0.717) is 28.8 Å². The second kappa shape index (κ2) is 8.21. The van der Waals surface area contributed by atoms with Crippen LogP contribution >= 0.6 is 0 Å². The fraction of sp³-hybridized carbons (Fsp3) is 0.125. The molecule has 2 N–H and O–H groups in total. The molecule has 30 heavy (non-hydrogen) atoms. The zero-order valence-corrected chi connectivity index (χ0v) is 16.5. The molecule has 1 aliphatic rings. The number of nitrogens with one attached hydrogen (secondary N) is 1. The number of aromatic hydroxyl groups is 1. The van der Waals surface area contributed by atoms with E-state index in [9.17, 15) is 14.7 Å². The average Bonchev–Trinajstić information content (AvgIpc) is 3.21. The molecule has 0 aromatic heterocycles. The van der Waals surface area contributed by atoms with Crippen molar-refractivity contribution < 1.29 is 14.7 Å². The summed E-state index contributed by atoms with van der Waals surface area (Å²) in [6.07, 6.45) is 1.42. The molecule has 150 valence electrons. The van der Waals surface area contributed by atoms with E-state index in [1.165, 1.54) is 4.90 Å². The van der Waals surface area contributed by atoms with E-state index < -0.39 is 5.91 Å². The predicted octanol–water partition coefficient (Wildman–Crippen LogP) is 3.75. The first-order valence-electron chi connectivity index (χ1n) is 9.66. The van der Waals surface area contributed by atoms with Crippen LogP contribution in [0.1, 0.15) is 38.3 Å². The Hall–Kier alpha value is -3.93. The van der Waals surface area contributed by atoms with Crippen LogP contribution in [0.3, 0.4) is 0 Å². The second-order valence-electron chi connectivity index (χ2n) is 7.09. The van der Waals surface area contributed by atoms with Gasteiger partial charge in [-0.2, -0.15) is 5.10 Å². The predicted molar refractivity (Wildman–Crippen MR) is 116 cm³/mol. The molecule has 0 saturated carbocycles. The van der Waals surface area contributed by atoms with Crippen LogP contribution in [0, 0.1) is 0 Å². The van der Waals surface area contributed by atoms with Crippen molar-refractivity contribution >= 4 is 23.2 Å². The monoisotopic (exact) mass is 399 g/mol. The van der Waals surface area contributed by atoms with E-state index >= 15 is 0 Å². The van der Waals surface area contributed by atoms with Gasteiger partial charge in [-0.3, -0.25) is 9.59 Å². The minimum Gasteiger partial charge on any atom is -0.507 e. The molecule has 0 heterocycles. The van der Waals surface area contributed by atoms with E-state index in [1.54, 1.807) is 43.4 Å². The maximum Gasteiger partial charge on any atom is 0.271 e. The Morgan fingerprint density at radius 2 is 1.67 bits per heavy atom.